The van der Waals surface area contributed by atoms with Gasteiger partial charge >= 0.3 is 6.18 Å². The third kappa shape index (κ3) is 3.88. The summed E-state index contributed by atoms with van der Waals surface area (Å²) in [6.45, 7) is 1.57. The average Bonchev–Trinajstić information content (AvgIpc) is 3.11. The van der Waals surface area contributed by atoms with Gasteiger partial charge in [-0.1, -0.05) is 30.3 Å². The van der Waals surface area contributed by atoms with Crippen LogP contribution in [0.2, 0.25) is 0 Å². The molecule has 0 spiro atoms. The maximum atomic E-state index is 12.6. The number of nitrogens with zero attached hydrogens (tertiary/aromatic N) is 4. The molecular weight excluding hydrogens is 347 g/mol. The quantitative estimate of drug-likeness (QED) is 0.771. The van der Waals surface area contributed by atoms with Gasteiger partial charge in [0.15, 0.2) is 0 Å². The van der Waals surface area contributed by atoms with Crippen LogP contribution in [0.15, 0.2) is 54.6 Å². The maximum Gasteiger partial charge on any atom is 0.416 e. The van der Waals surface area contributed by atoms with Gasteiger partial charge in [-0.25, -0.2) is 0 Å². The van der Waals surface area contributed by atoms with Crippen molar-refractivity contribution in [3.63, 3.8) is 0 Å². The summed E-state index contributed by atoms with van der Waals surface area (Å²) in [5, 5.41) is 14.5. The van der Waals surface area contributed by atoms with E-state index in [0.717, 1.165) is 22.5 Å². The summed E-state index contributed by atoms with van der Waals surface area (Å²) in [4.78, 5) is 13.4. The largest absolute Gasteiger partial charge is 0.416 e. The van der Waals surface area contributed by atoms with E-state index in [-0.39, 0.29) is 5.69 Å². The smallest absolute Gasteiger partial charge is 0.324 e. The lowest BCUT2D eigenvalue weighted by Gasteiger charge is -2.12. The molecule has 26 heavy (non-hydrogen) atoms. The van der Waals surface area contributed by atoms with Crippen molar-refractivity contribution in [2.45, 2.75) is 19.1 Å². The van der Waals surface area contributed by atoms with Gasteiger partial charge in [-0.3, -0.25) is 4.79 Å². The van der Waals surface area contributed by atoms with Gasteiger partial charge in [-0.05, 0) is 36.4 Å². The molecule has 1 amide bonds. The second kappa shape index (κ2) is 6.95. The number of halogens is 3. The van der Waals surface area contributed by atoms with E-state index in [4.69, 9.17) is 0 Å². The summed E-state index contributed by atoms with van der Waals surface area (Å²) in [6, 6.07) is 12.5. The van der Waals surface area contributed by atoms with Gasteiger partial charge in [0.25, 0.3) is 5.91 Å². The number of nitrogens with one attached hydrogen (secondary N) is 1. The minimum absolute atomic E-state index is 0.248. The molecule has 0 aliphatic rings. The number of alkyl halides is 3. The topological polar surface area (TPSA) is 72.7 Å². The van der Waals surface area contributed by atoms with E-state index in [1.165, 1.54) is 12.1 Å². The molecule has 1 aromatic heterocycles. The van der Waals surface area contributed by atoms with E-state index in [1.807, 2.05) is 30.3 Å². The number of carbonyl (C=O) groups excluding carboxylic acids is 1. The van der Waals surface area contributed by atoms with Crippen LogP contribution in [0.1, 0.15) is 18.5 Å². The Morgan fingerprint density at radius 2 is 1.73 bits per heavy atom. The van der Waals surface area contributed by atoms with Gasteiger partial charge in [-0.15, -0.1) is 10.2 Å². The number of anilines is 1. The van der Waals surface area contributed by atoms with Crippen LogP contribution >= 0.6 is 0 Å². The van der Waals surface area contributed by atoms with Crippen molar-refractivity contribution in [2.75, 3.05) is 5.32 Å². The zero-order valence-electron chi connectivity index (χ0n) is 13.6. The van der Waals surface area contributed by atoms with Crippen LogP contribution < -0.4 is 5.32 Å². The summed E-state index contributed by atoms with van der Waals surface area (Å²) in [5.41, 5.74) is 0.223. The summed E-state index contributed by atoms with van der Waals surface area (Å²) >= 11 is 0. The first-order chi connectivity index (χ1) is 12.3. The van der Waals surface area contributed by atoms with E-state index >= 15 is 0 Å². The number of benzene rings is 2. The van der Waals surface area contributed by atoms with Crippen molar-refractivity contribution >= 4 is 11.6 Å². The number of hydrogen-bond acceptors (Lipinski definition) is 4. The molecule has 9 heteroatoms. The molecular formula is C17H14F3N5O. The standard InChI is InChI=1S/C17H14F3N5O/c1-11(25-23-15(22-24-25)12-5-3-2-4-6-12)16(26)21-14-9-7-13(8-10-14)17(18,19)20/h2-11H,1H3,(H,21,26). The van der Waals surface area contributed by atoms with Crippen LogP contribution in [0.3, 0.4) is 0 Å². The highest BCUT2D eigenvalue weighted by atomic mass is 19.4. The van der Waals surface area contributed by atoms with Crippen molar-refractivity contribution in [1.29, 1.82) is 0 Å². The van der Waals surface area contributed by atoms with Gasteiger partial charge in [0.05, 0.1) is 5.56 Å². The molecule has 0 bridgehead atoms. The van der Waals surface area contributed by atoms with E-state index in [0.29, 0.717) is 5.82 Å². The highest BCUT2D eigenvalue weighted by Crippen LogP contribution is 2.29. The number of rotatable bonds is 4. The summed E-state index contributed by atoms with van der Waals surface area (Å²) in [5.74, 6) is -0.0958. The van der Waals surface area contributed by atoms with Crippen molar-refractivity contribution in [2.24, 2.45) is 0 Å². The van der Waals surface area contributed by atoms with Crippen molar-refractivity contribution in [1.82, 2.24) is 20.2 Å². The van der Waals surface area contributed by atoms with Crippen LogP contribution in [-0.2, 0) is 11.0 Å². The third-order valence-corrected chi connectivity index (χ3v) is 3.67. The first kappa shape index (κ1) is 17.6. The predicted molar refractivity (Wildman–Crippen MR) is 88.0 cm³/mol. The Kier molecular flexibility index (Phi) is 4.70. The molecule has 3 rings (SSSR count). The van der Waals surface area contributed by atoms with Crippen molar-refractivity contribution < 1.29 is 18.0 Å². The fraction of sp³-hybridized carbons (Fsp3) is 0.176. The molecule has 0 fully saturated rings. The van der Waals surface area contributed by atoms with Gasteiger partial charge in [0.2, 0.25) is 5.82 Å². The number of aromatic nitrogens is 4. The second-order valence-electron chi connectivity index (χ2n) is 5.54. The first-order valence-electron chi connectivity index (χ1n) is 7.67. The second-order valence-corrected chi connectivity index (χ2v) is 5.54. The molecule has 2 aromatic carbocycles. The predicted octanol–water partition coefficient (Wildman–Crippen LogP) is 3.56. The van der Waals surface area contributed by atoms with E-state index in [9.17, 15) is 18.0 Å². The van der Waals surface area contributed by atoms with Crippen LogP contribution in [0.4, 0.5) is 18.9 Å². The fourth-order valence-corrected chi connectivity index (χ4v) is 2.19. The first-order valence-corrected chi connectivity index (χ1v) is 7.67. The maximum absolute atomic E-state index is 12.6. The Morgan fingerprint density at radius 1 is 1.08 bits per heavy atom. The Labute approximate surface area is 146 Å². The molecule has 0 saturated carbocycles. The lowest BCUT2D eigenvalue weighted by atomic mass is 10.2. The zero-order valence-corrected chi connectivity index (χ0v) is 13.6. The Bertz CT molecular complexity index is 891. The number of carbonyl (C=O) groups is 1. The summed E-state index contributed by atoms with van der Waals surface area (Å²) in [7, 11) is 0. The van der Waals surface area contributed by atoms with Crippen LogP contribution in [-0.4, -0.2) is 26.1 Å². The van der Waals surface area contributed by atoms with E-state index in [1.54, 1.807) is 6.92 Å². The van der Waals surface area contributed by atoms with Gasteiger partial charge in [0, 0.05) is 11.3 Å². The zero-order chi connectivity index (χ0) is 18.7. The van der Waals surface area contributed by atoms with E-state index < -0.39 is 23.7 Å². The molecule has 1 heterocycles. The molecule has 134 valence electrons. The summed E-state index contributed by atoms with van der Waals surface area (Å²) in [6.07, 6.45) is -4.42. The average molecular weight is 361 g/mol. The Balaban J connectivity index is 1.69. The van der Waals surface area contributed by atoms with Gasteiger partial charge in [-0.2, -0.15) is 18.0 Å². The van der Waals surface area contributed by atoms with Gasteiger partial charge in [0.1, 0.15) is 6.04 Å². The van der Waals surface area contributed by atoms with Gasteiger partial charge < -0.3 is 5.32 Å². The number of amides is 1. The molecule has 0 radical (unpaired) electrons. The number of hydrogen-bond donors (Lipinski definition) is 1. The Hall–Kier alpha value is -3.23. The lowest BCUT2D eigenvalue weighted by Crippen LogP contribution is -2.25. The third-order valence-electron chi connectivity index (χ3n) is 3.67. The van der Waals surface area contributed by atoms with E-state index in [2.05, 4.69) is 20.7 Å². The lowest BCUT2D eigenvalue weighted by molar-refractivity contribution is -0.137. The van der Waals surface area contributed by atoms with Crippen LogP contribution in [0.5, 0.6) is 0 Å². The number of tetrazole rings is 1. The molecule has 1 atom stereocenters. The van der Waals surface area contributed by atoms with Crippen molar-refractivity contribution in [3.05, 3.63) is 60.2 Å². The SMILES string of the molecule is CC(C(=O)Nc1ccc(C(F)(F)F)cc1)n1nnc(-c2ccccc2)n1. The highest BCUT2D eigenvalue weighted by molar-refractivity contribution is 5.93. The Morgan fingerprint density at radius 3 is 2.35 bits per heavy atom. The molecule has 1 unspecified atom stereocenters. The molecule has 0 aliphatic heterocycles. The minimum Gasteiger partial charge on any atom is -0.324 e. The molecule has 1 N–H and O–H groups in total. The highest BCUT2D eigenvalue weighted by Gasteiger charge is 2.30. The molecule has 0 aliphatic carbocycles. The summed E-state index contributed by atoms with van der Waals surface area (Å²) < 4.78 is 37.7. The molecule has 6 nitrogen and oxygen atoms in total. The molecule has 3 aromatic rings. The molecule has 0 saturated heterocycles. The van der Waals surface area contributed by atoms with Crippen LogP contribution in [0, 0.1) is 0 Å². The fourth-order valence-electron chi connectivity index (χ4n) is 2.19. The van der Waals surface area contributed by atoms with Crippen LogP contribution in [0.25, 0.3) is 11.4 Å². The normalized spacial score (nSPS) is 12.6. The monoisotopic (exact) mass is 361 g/mol. The van der Waals surface area contributed by atoms with Crippen molar-refractivity contribution in [3.8, 4) is 11.4 Å². The minimum atomic E-state index is -4.42.